The summed E-state index contributed by atoms with van der Waals surface area (Å²) in [5, 5.41) is 2.43. The van der Waals surface area contributed by atoms with Crippen LogP contribution in [0.1, 0.15) is 27.1 Å². The van der Waals surface area contributed by atoms with Gasteiger partial charge in [0.25, 0.3) is 5.91 Å². The van der Waals surface area contributed by atoms with Crippen LogP contribution < -0.4 is 15.0 Å². The normalized spacial score (nSPS) is 14.8. The zero-order valence-corrected chi connectivity index (χ0v) is 19.4. The van der Waals surface area contributed by atoms with E-state index in [4.69, 9.17) is 9.47 Å². The van der Waals surface area contributed by atoms with Crippen LogP contribution in [0.4, 0.5) is 11.4 Å². The fraction of sp³-hybridized carbons (Fsp3) is 0.292. The fourth-order valence-electron chi connectivity index (χ4n) is 3.57. The minimum Gasteiger partial charge on any atom is -0.495 e. The van der Waals surface area contributed by atoms with E-state index >= 15 is 0 Å². The number of amides is 2. The third kappa shape index (κ3) is 5.75. The molecule has 1 saturated heterocycles. The van der Waals surface area contributed by atoms with Gasteiger partial charge < -0.3 is 29.2 Å². The maximum Gasteiger partial charge on any atom is 0.339 e. The number of esters is 3. The van der Waals surface area contributed by atoms with Crippen molar-refractivity contribution < 1.29 is 42.9 Å². The molecule has 1 heterocycles. The number of nitrogens with one attached hydrogen (secondary N) is 1. The first kappa shape index (κ1) is 25.2. The first-order valence-electron chi connectivity index (χ1n) is 10.5. The Morgan fingerprint density at radius 3 is 2.40 bits per heavy atom. The summed E-state index contributed by atoms with van der Waals surface area (Å²) in [5.74, 6) is -3.44. The van der Waals surface area contributed by atoms with Crippen LogP contribution >= 0.6 is 0 Å². The van der Waals surface area contributed by atoms with E-state index in [-0.39, 0.29) is 35.7 Å². The molecule has 35 heavy (non-hydrogen) atoms. The Morgan fingerprint density at radius 1 is 1.00 bits per heavy atom. The van der Waals surface area contributed by atoms with Crippen LogP contribution in [-0.2, 0) is 28.6 Å². The van der Waals surface area contributed by atoms with Gasteiger partial charge in [-0.3, -0.25) is 14.4 Å². The molecule has 0 bridgehead atoms. The zero-order chi connectivity index (χ0) is 25.5. The van der Waals surface area contributed by atoms with Crippen molar-refractivity contribution in [3.8, 4) is 5.75 Å². The highest BCUT2D eigenvalue weighted by Gasteiger charge is 2.37. The molecule has 0 unspecified atom stereocenters. The summed E-state index contributed by atoms with van der Waals surface area (Å²) >= 11 is 0. The first-order valence-corrected chi connectivity index (χ1v) is 10.5. The minimum absolute atomic E-state index is 0.00586. The van der Waals surface area contributed by atoms with E-state index in [9.17, 15) is 24.0 Å². The topological polar surface area (TPSA) is 138 Å². The zero-order valence-electron chi connectivity index (χ0n) is 19.4. The van der Waals surface area contributed by atoms with E-state index in [1.165, 1.54) is 44.4 Å². The second-order valence-corrected chi connectivity index (χ2v) is 7.48. The molecule has 2 aromatic carbocycles. The number of anilines is 2. The van der Waals surface area contributed by atoms with Crippen LogP contribution in [0.15, 0.2) is 42.5 Å². The van der Waals surface area contributed by atoms with Crippen molar-refractivity contribution in [2.45, 2.75) is 6.42 Å². The molecule has 0 saturated carbocycles. The predicted molar refractivity (Wildman–Crippen MR) is 122 cm³/mol. The third-order valence-electron chi connectivity index (χ3n) is 5.30. The number of hydrogen-bond donors (Lipinski definition) is 1. The largest absolute Gasteiger partial charge is 0.495 e. The highest BCUT2D eigenvalue weighted by Crippen LogP contribution is 2.33. The van der Waals surface area contributed by atoms with Gasteiger partial charge in [-0.25, -0.2) is 9.59 Å². The molecule has 184 valence electrons. The third-order valence-corrected chi connectivity index (χ3v) is 5.30. The SMILES string of the molecule is COC(=O)c1ccc(C(=O)OC)c(NC(=O)COC(=O)[C@H]2CC(=O)N(c3ccccc3OC)C2)c1. The van der Waals surface area contributed by atoms with Gasteiger partial charge in [-0.2, -0.15) is 0 Å². The van der Waals surface area contributed by atoms with Gasteiger partial charge in [-0.05, 0) is 30.3 Å². The smallest absolute Gasteiger partial charge is 0.339 e. The molecule has 1 N–H and O–H groups in total. The number of para-hydroxylation sites is 2. The van der Waals surface area contributed by atoms with Crippen molar-refractivity contribution in [1.82, 2.24) is 0 Å². The van der Waals surface area contributed by atoms with Gasteiger partial charge in [0.15, 0.2) is 6.61 Å². The van der Waals surface area contributed by atoms with Crippen LogP contribution in [0.5, 0.6) is 5.75 Å². The van der Waals surface area contributed by atoms with Gasteiger partial charge in [0.05, 0.1) is 49.7 Å². The molecule has 11 nitrogen and oxygen atoms in total. The molecule has 2 aromatic rings. The van der Waals surface area contributed by atoms with Crippen LogP contribution in [0, 0.1) is 5.92 Å². The number of methoxy groups -OCH3 is 3. The number of hydrogen-bond acceptors (Lipinski definition) is 9. The van der Waals surface area contributed by atoms with Gasteiger partial charge >= 0.3 is 17.9 Å². The van der Waals surface area contributed by atoms with E-state index in [1.807, 2.05) is 0 Å². The quantitative estimate of drug-likeness (QED) is 0.439. The molecule has 0 aliphatic carbocycles. The van der Waals surface area contributed by atoms with E-state index in [2.05, 4.69) is 14.8 Å². The molecule has 11 heteroatoms. The Labute approximate surface area is 200 Å². The Balaban J connectivity index is 1.64. The summed E-state index contributed by atoms with van der Waals surface area (Å²) in [5.41, 5.74) is 0.607. The van der Waals surface area contributed by atoms with Crippen molar-refractivity contribution in [3.63, 3.8) is 0 Å². The molecule has 1 aliphatic rings. The average Bonchev–Trinajstić information content (AvgIpc) is 3.27. The lowest BCUT2D eigenvalue weighted by atomic mass is 10.1. The van der Waals surface area contributed by atoms with Gasteiger partial charge in [0.2, 0.25) is 5.91 Å². The number of carbonyl (C=O) groups excluding carboxylic acids is 5. The molecule has 3 rings (SSSR count). The lowest BCUT2D eigenvalue weighted by molar-refractivity contribution is -0.151. The maximum absolute atomic E-state index is 12.5. The second-order valence-electron chi connectivity index (χ2n) is 7.48. The van der Waals surface area contributed by atoms with E-state index in [0.717, 1.165) is 0 Å². The van der Waals surface area contributed by atoms with Crippen LogP contribution in [0.3, 0.4) is 0 Å². The Hall–Kier alpha value is -4.41. The van der Waals surface area contributed by atoms with E-state index in [0.29, 0.717) is 11.4 Å². The molecule has 0 radical (unpaired) electrons. The average molecular weight is 484 g/mol. The molecule has 2 amide bonds. The van der Waals surface area contributed by atoms with Gasteiger partial charge in [-0.1, -0.05) is 12.1 Å². The molecule has 1 fully saturated rings. The monoisotopic (exact) mass is 484 g/mol. The number of nitrogens with zero attached hydrogens (tertiary/aromatic N) is 1. The van der Waals surface area contributed by atoms with Crippen molar-refractivity contribution in [2.75, 3.05) is 44.7 Å². The van der Waals surface area contributed by atoms with Crippen LogP contribution in [0.25, 0.3) is 0 Å². The summed E-state index contributed by atoms with van der Waals surface area (Å²) in [6.45, 7) is -0.589. The molecule has 1 atom stereocenters. The van der Waals surface area contributed by atoms with Crippen molar-refractivity contribution in [2.24, 2.45) is 5.92 Å². The minimum atomic E-state index is -0.770. The summed E-state index contributed by atoms with van der Waals surface area (Å²) in [6, 6.07) is 10.8. The van der Waals surface area contributed by atoms with Crippen molar-refractivity contribution in [1.29, 1.82) is 0 Å². The second kappa shape index (κ2) is 11.1. The Bertz CT molecular complexity index is 1160. The summed E-state index contributed by atoms with van der Waals surface area (Å²) in [6.07, 6.45) is -0.0772. The first-order chi connectivity index (χ1) is 16.8. The van der Waals surface area contributed by atoms with Crippen molar-refractivity contribution in [3.05, 3.63) is 53.6 Å². The molecular weight excluding hydrogens is 460 g/mol. The summed E-state index contributed by atoms with van der Waals surface area (Å²) in [4.78, 5) is 62.7. The lowest BCUT2D eigenvalue weighted by Crippen LogP contribution is -2.28. The summed E-state index contributed by atoms with van der Waals surface area (Å²) in [7, 11) is 3.84. The highest BCUT2D eigenvalue weighted by atomic mass is 16.5. The number of rotatable bonds is 8. The summed E-state index contributed by atoms with van der Waals surface area (Å²) < 4.78 is 19.7. The molecule has 0 aromatic heterocycles. The predicted octanol–water partition coefficient (Wildman–Crippen LogP) is 1.80. The van der Waals surface area contributed by atoms with Gasteiger partial charge in [-0.15, -0.1) is 0 Å². The van der Waals surface area contributed by atoms with Gasteiger partial charge in [0.1, 0.15) is 5.75 Å². The number of benzene rings is 2. The Morgan fingerprint density at radius 2 is 1.71 bits per heavy atom. The lowest BCUT2D eigenvalue weighted by Gasteiger charge is -2.19. The number of ether oxygens (including phenoxy) is 4. The molecule has 1 aliphatic heterocycles. The maximum atomic E-state index is 12.5. The van der Waals surface area contributed by atoms with E-state index < -0.39 is 36.3 Å². The van der Waals surface area contributed by atoms with E-state index in [1.54, 1.807) is 24.3 Å². The fourth-order valence-corrected chi connectivity index (χ4v) is 3.57. The molecule has 0 spiro atoms. The van der Waals surface area contributed by atoms with Crippen LogP contribution in [-0.4, -0.2) is 64.2 Å². The standard InChI is InChI=1S/C24H24N2O9/c1-32-19-7-5-4-6-18(19)26-12-15(11-21(26)28)23(30)35-13-20(27)25-17-10-14(22(29)33-2)8-9-16(17)24(31)34-3/h4-10,15H,11-13H2,1-3H3,(H,25,27)/t15-/m0/s1. The Kier molecular flexibility index (Phi) is 8.03. The highest BCUT2D eigenvalue weighted by molar-refractivity contribution is 6.04. The number of carbonyl (C=O) groups is 5. The van der Waals surface area contributed by atoms with Crippen molar-refractivity contribution >= 4 is 41.1 Å². The van der Waals surface area contributed by atoms with Gasteiger partial charge in [0, 0.05) is 13.0 Å². The molecular formula is C24H24N2O9. The van der Waals surface area contributed by atoms with Crippen LogP contribution in [0.2, 0.25) is 0 Å².